The molecule has 0 aromatic carbocycles. The van der Waals surface area contributed by atoms with Crippen LogP contribution in [0.25, 0.3) is 0 Å². The van der Waals surface area contributed by atoms with Gasteiger partial charge in [0.05, 0.1) is 6.61 Å². The van der Waals surface area contributed by atoms with Gasteiger partial charge in [0.1, 0.15) is 11.6 Å². The van der Waals surface area contributed by atoms with Crippen molar-refractivity contribution in [2.24, 2.45) is 17.3 Å². The summed E-state index contributed by atoms with van der Waals surface area (Å²) in [4.78, 5) is 11.7. The molecule has 0 bridgehead atoms. The number of esters is 1. The maximum atomic E-state index is 11.7. The summed E-state index contributed by atoms with van der Waals surface area (Å²) in [6, 6.07) is 2.06. The topological polar surface area (TPSA) is 50.1 Å². The highest BCUT2D eigenvalue weighted by molar-refractivity contribution is 5.94. The third-order valence-electron chi connectivity index (χ3n) is 4.69. The number of ether oxygens (including phenoxy) is 1. The van der Waals surface area contributed by atoms with Crippen LogP contribution in [0.15, 0.2) is 11.1 Å². The molecule has 1 spiro atoms. The van der Waals surface area contributed by atoms with E-state index in [-0.39, 0.29) is 0 Å². The van der Waals surface area contributed by atoms with Gasteiger partial charge in [-0.05, 0) is 55.4 Å². The number of hydrogen-bond acceptors (Lipinski definition) is 3. The largest absolute Gasteiger partial charge is 0.462 e. The number of rotatable bonds is 2. The number of allylic oxidation sites excluding steroid dienone is 1. The highest BCUT2D eigenvalue weighted by atomic mass is 16.5. The first kappa shape index (κ1) is 9.89. The van der Waals surface area contributed by atoms with Gasteiger partial charge in [0, 0.05) is 0 Å². The Hall–Kier alpha value is -1.30. The van der Waals surface area contributed by atoms with E-state index in [1.165, 1.54) is 19.3 Å². The summed E-state index contributed by atoms with van der Waals surface area (Å²) in [5.74, 6) is 0.874. The summed E-state index contributed by atoms with van der Waals surface area (Å²) in [6.07, 6.45) is 4.75. The van der Waals surface area contributed by atoms with Crippen molar-refractivity contribution in [1.82, 2.24) is 0 Å². The van der Waals surface area contributed by atoms with E-state index in [1.807, 2.05) is 0 Å². The molecular formula is C13H15NO2. The van der Waals surface area contributed by atoms with Gasteiger partial charge in [-0.1, -0.05) is 0 Å². The zero-order valence-electron chi connectivity index (χ0n) is 9.45. The first-order valence-electron chi connectivity index (χ1n) is 6.03. The fourth-order valence-corrected chi connectivity index (χ4v) is 3.68. The summed E-state index contributed by atoms with van der Waals surface area (Å²) in [7, 11) is 0. The molecule has 3 nitrogen and oxygen atoms in total. The maximum Gasteiger partial charge on any atom is 0.348 e. The Kier molecular flexibility index (Phi) is 1.92. The molecule has 0 saturated heterocycles. The van der Waals surface area contributed by atoms with Crippen molar-refractivity contribution in [1.29, 1.82) is 5.26 Å². The van der Waals surface area contributed by atoms with Crippen molar-refractivity contribution in [2.75, 3.05) is 6.61 Å². The van der Waals surface area contributed by atoms with Gasteiger partial charge in [-0.25, -0.2) is 4.79 Å². The van der Waals surface area contributed by atoms with Gasteiger partial charge < -0.3 is 4.74 Å². The molecule has 0 radical (unpaired) electrons. The van der Waals surface area contributed by atoms with Crippen molar-refractivity contribution in [3.8, 4) is 6.07 Å². The lowest BCUT2D eigenvalue weighted by Crippen LogP contribution is -2.24. The predicted octanol–water partition coefficient (Wildman–Crippen LogP) is 2.19. The van der Waals surface area contributed by atoms with Gasteiger partial charge in [-0.15, -0.1) is 0 Å². The summed E-state index contributed by atoms with van der Waals surface area (Å²) < 4.78 is 4.94. The Bertz CT molecular complexity index is 432. The second-order valence-electron chi connectivity index (χ2n) is 5.16. The zero-order chi connectivity index (χ0) is 11.3. The SMILES string of the molecule is CCOC(=O)/C(C#N)=C1\C[C@H]2CCC23CC13. The van der Waals surface area contributed by atoms with Crippen LogP contribution in [0.4, 0.5) is 0 Å². The number of hydrogen-bond donors (Lipinski definition) is 0. The number of carbonyl (C=O) groups excluding carboxylic acids is 1. The lowest BCUT2D eigenvalue weighted by atomic mass is 9.71. The number of nitriles is 1. The van der Waals surface area contributed by atoms with E-state index in [0.717, 1.165) is 17.9 Å². The Labute approximate surface area is 95.1 Å². The van der Waals surface area contributed by atoms with Crippen LogP contribution in [-0.2, 0) is 9.53 Å². The first-order valence-corrected chi connectivity index (χ1v) is 6.03. The minimum Gasteiger partial charge on any atom is -0.462 e. The average molecular weight is 217 g/mol. The standard InChI is InChI=1S/C13H15NO2/c1-2-16-12(15)10(7-14)9-5-8-3-4-13(8)6-11(9)13/h8,11H,2-6H2,1H3/b10-9+/t8-,11?,13?/m1/s1. The molecule has 0 aliphatic heterocycles. The van der Waals surface area contributed by atoms with Crippen LogP contribution in [0, 0.1) is 28.6 Å². The molecular weight excluding hydrogens is 202 g/mol. The van der Waals surface area contributed by atoms with Crippen LogP contribution >= 0.6 is 0 Å². The van der Waals surface area contributed by atoms with E-state index in [2.05, 4.69) is 6.07 Å². The molecule has 0 amide bonds. The average Bonchev–Trinajstić information content (AvgIpc) is 2.95. The molecule has 3 heteroatoms. The normalized spacial score (nSPS) is 41.2. The molecule has 3 aliphatic carbocycles. The molecule has 84 valence electrons. The van der Waals surface area contributed by atoms with Gasteiger partial charge in [-0.3, -0.25) is 0 Å². The van der Waals surface area contributed by atoms with Crippen LogP contribution in [0.3, 0.4) is 0 Å². The van der Waals surface area contributed by atoms with Gasteiger partial charge in [0.15, 0.2) is 0 Å². The van der Waals surface area contributed by atoms with Crippen LogP contribution in [0.5, 0.6) is 0 Å². The van der Waals surface area contributed by atoms with Crippen LogP contribution in [0.1, 0.15) is 32.6 Å². The predicted molar refractivity (Wildman–Crippen MR) is 57.2 cm³/mol. The number of carbonyl (C=O) groups is 1. The molecule has 3 rings (SSSR count). The van der Waals surface area contributed by atoms with Crippen LogP contribution < -0.4 is 0 Å². The van der Waals surface area contributed by atoms with E-state index < -0.39 is 5.97 Å². The van der Waals surface area contributed by atoms with Crippen molar-refractivity contribution in [3.05, 3.63) is 11.1 Å². The van der Waals surface area contributed by atoms with Gasteiger partial charge >= 0.3 is 5.97 Å². The molecule has 0 N–H and O–H groups in total. The fraction of sp³-hybridized carbons (Fsp3) is 0.692. The number of nitrogens with zero attached hydrogens (tertiary/aromatic N) is 1. The molecule has 0 heterocycles. The molecule has 0 aromatic rings. The molecule has 3 aliphatic rings. The lowest BCUT2D eigenvalue weighted by molar-refractivity contribution is -0.138. The minimum atomic E-state index is -0.414. The van der Waals surface area contributed by atoms with E-state index >= 15 is 0 Å². The van der Waals surface area contributed by atoms with E-state index in [4.69, 9.17) is 10.00 Å². The van der Waals surface area contributed by atoms with Crippen LogP contribution in [0.2, 0.25) is 0 Å². The highest BCUT2D eigenvalue weighted by Gasteiger charge is 2.69. The highest BCUT2D eigenvalue weighted by Crippen LogP contribution is 2.78. The molecule has 3 saturated carbocycles. The Morgan fingerprint density at radius 3 is 2.88 bits per heavy atom. The summed E-state index contributed by atoms with van der Waals surface area (Å²) in [6.45, 7) is 2.12. The third-order valence-corrected chi connectivity index (χ3v) is 4.69. The molecule has 16 heavy (non-hydrogen) atoms. The van der Waals surface area contributed by atoms with Crippen molar-refractivity contribution in [3.63, 3.8) is 0 Å². The smallest absolute Gasteiger partial charge is 0.348 e. The quantitative estimate of drug-likeness (QED) is 0.404. The Morgan fingerprint density at radius 2 is 2.50 bits per heavy atom. The summed E-state index contributed by atoms with van der Waals surface area (Å²) in [5, 5.41) is 9.10. The fourth-order valence-electron chi connectivity index (χ4n) is 3.68. The van der Waals surface area contributed by atoms with E-state index in [1.54, 1.807) is 6.92 Å². The molecule has 0 aromatic heterocycles. The Morgan fingerprint density at radius 1 is 1.69 bits per heavy atom. The minimum absolute atomic E-state index is 0.304. The van der Waals surface area contributed by atoms with Gasteiger partial charge in [0.2, 0.25) is 0 Å². The molecule has 3 atom stereocenters. The van der Waals surface area contributed by atoms with Crippen molar-refractivity contribution in [2.45, 2.75) is 32.6 Å². The van der Waals surface area contributed by atoms with Crippen LogP contribution in [-0.4, -0.2) is 12.6 Å². The second kappa shape index (κ2) is 3.10. The monoisotopic (exact) mass is 217 g/mol. The van der Waals surface area contributed by atoms with Crippen molar-refractivity contribution < 1.29 is 9.53 Å². The van der Waals surface area contributed by atoms with Gasteiger partial charge in [0.25, 0.3) is 0 Å². The summed E-state index contributed by atoms with van der Waals surface area (Å²) >= 11 is 0. The lowest BCUT2D eigenvalue weighted by Gasteiger charge is -2.33. The molecule has 3 fully saturated rings. The maximum absolute atomic E-state index is 11.7. The zero-order valence-corrected chi connectivity index (χ0v) is 9.45. The molecule has 2 unspecified atom stereocenters. The second-order valence-corrected chi connectivity index (χ2v) is 5.16. The van der Waals surface area contributed by atoms with Crippen molar-refractivity contribution >= 4 is 5.97 Å². The first-order chi connectivity index (χ1) is 7.73. The van der Waals surface area contributed by atoms with E-state index in [0.29, 0.717) is 23.5 Å². The third kappa shape index (κ3) is 1.05. The van der Waals surface area contributed by atoms with Gasteiger partial charge in [-0.2, -0.15) is 5.26 Å². The Balaban J connectivity index is 1.89. The van der Waals surface area contributed by atoms with E-state index in [9.17, 15) is 4.79 Å². The summed E-state index contributed by atoms with van der Waals surface area (Å²) in [5.41, 5.74) is 1.92.